The van der Waals surface area contributed by atoms with Gasteiger partial charge >= 0.3 is 0 Å². The van der Waals surface area contributed by atoms with Crippen LogP contribution in [-0.2, 0) is 7.05 Å². The van der Waals surface area contributed by atoms with E-state index in [1.54, 1.807) is 12.5 Å². The molecule has 0 atom stereocenters. The van der Waals surface area contributed by atoms with Crippen LogP contribution in [0, 0.1) is 0 Å². The van der Waals surface area contributed by atoms with E-state index < -0.39 is 0 Å². The van der Waals surface area contributed by atoms with Crippen LogP contribution in [0.3, 0.4) is 0 Å². The van der Waals surface area contributed by atoms with Crippen LogP contribution < -0.4 is 10.2 Å². The summed E-state index contributed by atoms with van der Waals surface area (Å²) in [6.45, 7) is 2.68. The van der Waals surface area contributed by atoms with Crippen LogP contribution in [0.2, 0.25) is 0 Å². The number of fused-ring (bicyclic) bond motifs is 3. The Morgan fingerprint density at radius 2 is 2.04 bits per heavy atom. The van der Waals surface area contributed by atoms with Crippen LogP contribution in [0.25, 0.3) is 32.8 Å². The third kappa shape index (κ3) is 2.50. The molecule has 0 spiro atoms. The van der Waals surface area contributed by atoms with Crippen molar-refractivity contribution in [3.8, 4) is 16.9 Å². The summed E-state index contributed by atoms with van der Waals surface area (Å²) in [5.74, 6) is 0.744. The zero-order chi connectivity index (χ0) is 17.4. The zero-order valence-corrected chi connectivity index (χ0v) is 14.3. The fourth-order valence-electron chi connectivity index (χ4n) is 3.29. The molecule has 4 nitrogen and oxygen atoms in total. The summed E-state index contributed by atoms with van der Waals surface area (Å²) in [5, 5.41) is 2.63. The van der Waals surface area contributed by atoms with Gasteiger partial charge in [-0.2, -0.15) is 0 Å². The summed E-state index contributed by atoms with van der Waals surface area (Å²) in [5.41, 5.74) is 2.23. The number of aromatic nitrogens is 1. The first kappa shape index (κ1) is 15.5. The average molecular weight is 333 g/mol. The van der Waals surface area contributed by atoms with Gasteiger partial charge in [-0.05, 0) is 29.3 Å². The first-order valence-electron chi connectivity index (χ1n) is 8.41. The van der Waals surface area contributed by atoms with Crippen molar-refractivity contribution in [2.45, 2.75) is 13.3 Å². The normalized spacial score (nSPS) is 11.3. The lowest BCUT2D eigenvalue weighted by molar-refractivity contribution is 0.320. The third-order valence-corrected chi connectivity index (χ3v) is 4.43. The quantitative estimate of drug-likeness (QED) is 0.507. The molecular formula is C21H19NO3. The molecule has 0 aliphatic heterocycles. The second-order valence-corrected chi connectivity index (χ2v) is 6.16. The highest BCUT2D eigenvalue weighted by Crippen LogP contribution is 2.33. The summed E-state index contributed by atoms with van der Waals surface area (Å²) in [6, 6.07) is 11.8. The highest BCUT2D eigenvalue weighted by molar-refractivity contribution is 6.09. The number of benzene rings is 2. The molecule has 0 saturated heterocycles. The molecule has 0 amide bonds. The van der Waals surface area contributed by atoms with Crippen LogP contribution in [0.5, 0.6) is 5.75 Å². The molecule has 0 bridgehead atoms. The van der Waals surface area contributed by atoms with Gasteiger partial charge in [0.2, 0.25) is 0 Å². The molecule has 0 N–H and O–H groups in total. The maximum atomic E-state index is 13.3. The molecular weight excluding hydrogens is 314 g/mol. The van der Waals surface area contributed by atoms with Crippen molar-refractivity contribution >= 4 is 21.7 Å². The Morgan fingerprint density at radius 3 is 2.80 bits per heavy atom. The molecule has 4 aromatic rings. The van der Waals surface area contributed by atoms with Crippen LogP contribution in [-0.4, -0.2) is 11.2 Å². The largest absolute Gasteiger partial charge is 0.491 e. The van der Waals surface area contributed by atoms with Crippen LogP contribution in [0.1, 0.15) is 13.3 Å². The predicted molar refractivity (Wildman–Crippen MR) is 100 cm³/mol. The van der Waals surface area contributed by atoms with Crippen LogP contribution >= 0.6 is 0 Å². The minimum absolute atomic E-state index is 0.00681. The molecule has 2 aromatic heterocycles. The molecule has 0 unspecified atom stereocenters. The van der Waals surface area contributed by atoms with E-state index in [9.17, 15) is 4.79 Å². The van der Waals surface area contributed by atoms with Gasteiger partial charge in [0.05, 0.1) is 30.0 Å². The minimum atomic E-state index is -0.00681. The predicted octanol–water partition coefficient (Wildman–Crippen LogP) is 4.74. The van der Waals surface area contributed by atoms with E-state index in [1.807, 2.05) is 54.2 Å². The maximum absolute atomic E-state index is 13.3. The summed E-state index contributed by atoms with van der Waals surface area (Å²) in [6.07, 6.45) is 5.94. The fraction of sp³-hybridized carbons (Fsp3) is 0.190. The molecule has 4 heteroatoms. The Bertz CT molecular complexity index is 1110. The standard InChI is InChI=1S/C21H19NO3/c1-3-9-25-18-11-14-6-4-5-7-16(14)19-20(18)22(2)12-17(21(19)23)15-8-10-24-13-15/h4-8,10-13H,3,9H2,1-2H3. The van der Waals surface area contributed by atoms with Crippen molar-refractivity contribution < 1.29 is 9.15 Å². The van der Waals surface area contributed by atoms with Crippen molar-refractivity contribution in [2.75, 3.05) is 6.61 Å². The van der Waals surface area contributed by atoms with Gasteiger partial charge in [0.25, 0.3) is 0 Å². The Morgan fingerprint density at radius 1 is 1.20 bits per heavy atom. The number of aryl methyl sites for hydroxylation is 1. The fourth-order valence-corrected chi connectivity index (χ4v) is 3.29. The van der Waals surface area contributed by atoms with E-state index in [1.165, 1.54) is 0 Å². The zero-order valence-electron chi connectivity index (χ0n) is 14.3. The lowest BCUT2D eigenvalue weighted by Gasteiger charge is -2.15. The van der Waals surface area contributed by atoms with E-state index >= 15 is 0 Å². The van der Waals surface area contributed by atoms with Gasteiger partial charge in [-0.1, -0.05) is 31.2 Å². The summed E-state index contributed by atoms with van der Waals surface area (Å²) in [4.78, 5) is 13.3. The third-order valence-electron chi connectivity index (χ3n) is 4.43. The molecule has 0 radical (unpaired) electrons. The number of furan rings is 1. The maximum Gasteiger partial charge on any atom is 0.198 e. The smallest absolute Gasteiger partial charge is 0.198 e. The van der Waals surface area contributed by atoms with E-state index in [2.05, 4.69) is 6.92 Å². The Labute approximate surface area is 145 Å². The van der Waals surface area contributed by atoms with Gasteiger partial charge in [0, 0.05) is 24.4 Å². The lowest BCUT2D eigenvalue weighted by Crippen LogP contribution is -2.12. The molecule has 0 fully saturated rings. The van der Waals surface area contributed by atoms with Crippen molar-refractivity contribution in [1.29, 1.82) is 0 Å². The molecule has 0 aliphatic rings. The number of nitrogens with zero attached hydrogens (tertiary/aromatic N) is 1. The van der Waals surface area contributed by atoms with Gasteiger partial charge in [0.15, 0.2) is 5.43 Å². The summed E-state index contributed by atoms with van der Waals surface area (Å²) >= 11 is 0. The SMILES string of the molecule is CCCOc1cc2ccccc2c2c(=O)c(-c3ccoc3)cn(C)c12. The average Bonchev–Trinajstić information content (AvgIpc) is 3.16. The molecule has 126 valence electrons. The van der Waals surface area contributed by atoms with E-state index in [0.717, 1.165) is 34.0 Å². The second kappa shape index (κ2) is 6.13. The number of pyridine rings is 1. The number of rotatable bonds is 4. The molecule has 0 aliphatic carbocycles. The Balaban J connectivity index is 2.15. The number of hydrogen-bond acceptors (Lipinski definition) is 3. The summed E-state index contributed by atoms with van der Waals surface area (Å²) in [7, 11) is 1.94. The first-order chi connectivity index (χ1) is 12.2. The van der Waals surface area contributed by atoms with E-state index in [-0.39, 0.29) is 5.43 Å². The minimum Gasteiger partial charge on any atom is -0.491 e. The van der Waals surface area contributed by atoms with Gasteiger partial charge in [-0.3, -0.25) is 4.79 Å². The number of ether oxygens (including phenoxy) is 1. The Kier molecular flexibility index (Phi) is 3.80. The van der Waals surface area contributed by atoms with Gasteiger partial charge in [-0.25, -0.2) is 0 Å². The van der Waals surface area contributed by atoms with Crippen molar-refractivity contribution in [1.82, 2.24) is 4.57 Å². The van der Waals surface area contributed by atoms with Crippen molar-refractivity contribution in [2.24, 2.45) is 7.05 Å². The van der Waals surface area contributed by atoms with E-state index in [4.69, 9.17) is 9.15 Å². The lowest BCUT2D eigenvalue weighted by atomic mass is 10.0. The second-order valence-electron chi connectivity index (χ2n) is 6.16. The Hall–Kier alpha value is -3.01. The van der Waals surface area contributed by atoms with Crippen LogP contribution in [0.4, 0.5) is 0 Å². The van der Waals surface area contributed by atoms with E-state index in [0.29, 0.717) is 17.6 Å². The van der Waals surface area contributed by atoms with Crippen LogP contribution in [0.15, 0.2) is 64.3 Å². The highest BCUT2D eigenvalue weighted by atomic mass is 16.5. The van der Waals surface area contributed by atoms with Gasteiger partial charge in [-0.15, -0.1) is 0 Å². The molecule has 25 heavy (non-hydrogen) atoms. The van der Waals surface area contributed by atoms with Gasteiger partial charge < -0.3 is 13.7 Å². The molecule has 2 heterocycles. The summed E-state index contributed by atoms with van der Waals surface area (Å²) < 4.78 is 13.1. The van der Waals surface area contributed by atoms with Crippen molar-refractivity contribution in [3.05, 3.63) is 65.3 Å². The van der Waals surface area contributed by atoms with Crippen molar-refractivity contribution in [3.63, 3.8) is 0 Å². The topological polar surface area (TPSA) is 44.4 Å². The monoisotopic (exact) mass is 333 g/mol. The first-order valence-corrected chi connectivity index (χ1v) is 8.41. The molecule has 2 aromatic carbocycles. The molecule has 4 rings (SSSR count). The van der Waals surface area contributed by atoms with Gasteiger partial charge in [0.1, 0.15) is 5.75 Å². The molecule has 0 saturated carbocycles. The highest BCUT2D eigenvalue weighted by Gasteiger charge is 2.17. The number of hydrogen-bond donors (Lipinski definition) is 0.